The van der Waals surface area contributed by atoms with E-state index in [0.717, 1.165) is 6.61 Å². The van der Waals surface area contributed by atoms with Crippen LogP contribution < -0.4 is 5.73 Å². The van der Waals surface area contributed by atoms with Gasteiger partial charge in [-0.05, 0) is 25.0 Å². The molecule has 0 saturated carbocycles. The SMILES string of the molecule is Cc1ccc2c(c1)COC(C)C2CN. The highest BCUT2D eigenvalue weighted by Gasteiger charge is 2.25. The van der Waals surface area contributed by atoms with Crippen LogP contribution in [0.25, 0.3) is 0 Å². The Kier molecular flexibility index (Phi) is 2.57. The third kappa shape index (κ3) is 1.56. The van der Waals surface area contributed by atoms with Gasteiger partial charge in [0, 0.05) is 12.5 Å². The second-order valence-electron chi connectivity index (χ2n) is 4.06. The highest BCUT2D eigenvalue weighted by atomic mass is 16.5. The first-order valence-corrected chi connectivity index (χ1v) is 5.13. The lowest BCUT2D eigenvalue weighted by Gasteiger charge is -2.31. The van der Waals surface area contributed by atoms with Crippen LogP contribution in [0.2, 0.25) is 0 Å². The number of rotatable bonds is 1. The van der Waals surface area contributed by atoms with Crippen molar-refractivity contribution in [1.29, 1.82) is 0 Å². The van der Waals surface area contributed by atoms with Gasteiger partial charge in [0.05, 0.1) is 12.7 Å². The smallest absolute Gasteiger partial charge is 0.0723 e. The van der Waals surface area contributed by atoms with Gasteiger partial charge in [-0.15, -0.1) is 0 Å². The Balaban J connectivity index is 2.41. The maximum atomic E-state index is 5.77. The van der Waals surface area contributed by atoms with Gasteiger partial charge in [0.15, 0.2) is 0 Å². The lowest BCUT2D eigenvalue weighted by molar-refractivity contribution is 0.0219. The molecule has 0 bridgehead atoms. The molecule has 0 saturated heterocycles. The molecule has 2 nitrogen and oxygen atoms in total. The Bertz CT molecular complexity index is 335. The van der Waals surface area contributed by atoms with Crippen molar-refractivity contribution in [2.24, 2.45) is 5.73 Å². The van der Waals surface area contributed by atoms with Crippen LogP contribution >= 0.6 is 0 Å². The van der Waals surface area contributed by atoms with Crippen LogP contribution in [0.15, 0.2) is 18.2 Å². The van der Waals surface area contributed by atoms with Crippen LogP contribution in [-0.2, 0) is 11.3 Å². The van der Waals surface area contributed by atoms with E-state index < -0.39 is 0 Å². The third-order valence-electron chi connectivity index (χ3n) is 3.02. The van der Waals surface area contributed by atoms with Crippen LogP contribution in [0.3, 0.4) is 0 Å². The Hall–Kier alpha value is -0.860. The zero-order valence-electron chi connectivity index (χ0n) is 8.79. The van der Waals surface area contributed by atoms with Crippen molar-refractivity contribution >= 4 is 0 Å². The number of ether oxygens (including phenoxy) is 1. The quantitative estimate of drug-likeness (QED) is 0.736. The minimum atomic E-state index is 0.246. The molecule has 0 radical (unpaired) electrons. The summed E-state index contributed by atoms with van der Waals surface area (Å²) in [4.78, 5) is 0. The van der Waals surface area contributed by atoms with Crippen molar-refractivity contribution in [3.63, 3.8) is 0 Å². The fourth-order valence-electron chi connectivity index (χ4n) is 2.13. The van der Waals surface area contributed by atoms with Gasteiger partial charge in [0.2, 0.25) is 0 Å². The lowest BCUT2D eigenvalue weighted by Crippen LogP contribution is -2.30. The van der Waals surface area contributed by atoms with Gasteiger partial charge in [-0.2, -0.15) is 0 Å². The molecule has 2 N–H and O–H groups in total. The zero-order chi connectivity index (χ0) is 10.1. The zero-order valence-corrected chi connectivity index (χ0v) is 8.79. The normalized spacial score (nSPS) is 25.9. The van der Waals surface area contributed by atoms with Gasteiger partial charge in [-0.1, -0.05) is 23.8 Å². The Morgan fingerprint density at radius 2 is 2.29 bits per heavy atom. The van der Waals surface area contributed by atoms with Gasteiger partial charge in [0.1, 0.15) is 0 Å². The molecule has 0 spiro atoms. The summed E-state index contributed by atoms with van der Waals surface area (Å²) >= 11 is 0. The molecule has 1 aromatic carbocycles. The van der Waals surface area contributed by atoms with Crippen molar-refractivity contribution < 1.29 is 4.74 Å². The molecule has 0 aliphatic carbocycles. The van der Waals surface area contributed by atoms with Crippen molar-refractivity contribution in [2.75, 3.05) is 6.54 Å². The summed E-state index contributed by atoms with van der Waals surface area (Å²) in [5.41, 5.74) is 9.73. The van der Waals surface area contributed by atoms with Gasteiger partial charge < -0.3 is 10.5 Å². The Labute approximate surface area is 85.1 Å². The molecule has 0 amide bonds. The molecule has 2 rings (SSSR count). The molecular weight excluding hydrogens is 174 g/mol. The summed E-state index contributed by atoms with van der Waals surface area (Å²) in [6.07, 6.45) is 0.246. The maximum absolute atomic E-state index is 5.77. The molecule has 1 aromatic rings. The van der Waals surface area contributed by atoms with E-state index in [0.29, 0.717) is 12.5 Å². The van der Waals surface area contributed by atoms with Crippen LogP contribution in [-0.4, -0.2) is 12.6 Å². The fourth-order valence-corrected chi connectivity index (χ4v) is 2.13. The van der Waals surface area contributed by atoms with Gasteiger partial charge in [-0.3, -0.25) is 0 Å². The van der Waals surface area contributed by atoms with Crippen LogP contribution in [0.4, 0.5) is 0 Å². The second-order valence-corrected chi connectivity index (χ2v) is 4.06. The van der Waals surface area contributed by atoms with Crippen LogP contribution in [0.5, 0.6) is 0 Å². The van der Waals surface area contributed by atoms with Crippen LogP contribution in [0.1, 0.15) is 29.5 Å². The average Bonchev–Trinajstić information content (AvgIpc) is 2.18. The predicted molar refractivity (Wildman–Crippen MR) is 57.2 cm³/mol. The molecule has 2 unspecified atom stereocenters. The summed E-state index contributed by atoms with van der Waals surface area (Å²) in [6, 6.07) is 6.55. The highest BCUT2D eigenvalue weighted by molar-refractivity contribution is 5.36. The molecular formula is C12H17NO. The van der Waals surface area contributed by atoms with Crippen LogP contribution in [0, 0.1) is 6.92 Å². The van der Waals surface area contributed by atoms with E-state index >= 15 is 0 Å². The molecule has 0 fully saturated rings. The summed E-state index contributed by atoms with van der Waals surface area (Å²) in [7, 11) is 0. The van der Waals surface area contributed by atoms with Gasteiger partial charge in [0.25, 0.3) is 0 Å². The number of hydrogen-bond acceptors (Lipinski definition) is 2. The van der Waals surface area contributed by atoms with Crippen molar-refractivity contribution in [2.45, 2.75) is 32.5 Å². The average molecular weight is 191 g/mol. The molecule has 14 heavy (non-hydrogen) atoms. The number of aryl methyl sites for hydroxylation is 1. The summed E-state index contributed by atoms with van der Waals surface area (Å²) in [5, 5.41) is 0. The molecule has 76 valence electrons. The molecule has 2 heteroatoms. The molecule has 1 heterocycles. The predicted octanol–water partition coefficient (Wildman–Crippen LogP) is 1.96. The van der Waals surface area contributed by atoms with E-state index in [1.54, 1.807) is 0 Å². The highest BCUT2D eigenvalue weighted by Crippen LogP contribution is 2.30. The first kappa shape index (κ1) is 9.69. The van der Waals surface area contributed by atoms with Crippen molar-refractivity contribution in [3.8, 4) is 0 Å². The number of fused-ring (bicyclic) bond motifs is 1. The van der Waals surface area contributed by atoms with Gasteiger partial charge >= 0.3 is 0 Å². The standard InChI is InChI=1S/C12H17NO/c1-8-3-4-11-10(5-8)7-14-9(2)12(11)6-13/h3-5,9,12H,6-7,13H2,1-2H3. The Morgan fingerprint density at radius 3 is 3.00 bits per heavy atom. The molecule has 1 aliphatic rings. The lowest BCUT2D eigenvalue weighted by atomic mass is 9.87. The largest absolute Gasteiger partial charge is 0.373 e. The molecule has 2 atom stereocenters. The maximum Gasteiger partial charge on any atom is 0.0723 e. The number of nitrogens with two attached hydrogens (primary N) is 1. The van der Waals surface area contributed by atoms with E-state index in [1.165, 1.54) is 16.7 Å². The molecule has 1 aliphatic heterocycles. The topological polar surface area (TPSA) is 35.2 Å². The van der Waals surface area contributed by atoms with Crippen molar-refractivity contribution in [1.82, 2.24) is 0 Å². The first-order valence-electron chi connectivity index (χ1n) is 5.13. The minimum absolute atomic E-state index is 0.246. The molecule has 0 aromatic heterocycles. The van der Waals surface area contributed by atoms with Gasteiger partial charge in [-0.25, -0.2) is 0 Å². The summed E-state index contributed by atoms with van der Waals surface area (Å²) in [5.74, 6) is 0.361. The second kappa shape index (κ2) is 3.71. The number of hydrogen-bond donors (Lipinski definition) is 1. The summed E-state index contributed by atoms with van der Waals surface area (Å²) < 4.78 is 5.68. The Morgan fingerprint density at radius 1 is 1.50 bits per heavy atom. The van der Waals surface area contributed by atoms with E-state index in [4.69, 9.17) is 10.5 Å². The fraction of sp³-hybridized carbons (Fsp3) is 0.500. The van der Waals surface area contributed by atoms with E-state index in [1.807, 2.05) is 0 Å². The summed E-state index contributed by atoms with van der Waals surface area (Å²) in [6.45, 7) is 5.60. The van der Waals surface area contributed by atoms with E-state index in [2.05, 4.69) is 32.0 Å². The minimum Gasteiger partial charge on any atom is -0.373 e. The van der Waals surface area contributed by atoms with E-state index in [-0.39, 0.29) is 6.10 Å². The number of benzene rings is 1. The third-order valence-corrected chi connectivity index (χ3v) is 3.02. The first-order chi connectivity index (χ1) is 6.72. The van der Waals surface area contributed by atoms with E-state index in [9.17, 15) is 0 Å². The monoisotopic (exact) mass is 191 g/mol. The van der Waals surface area contributed by atoms with Crippen molar-refractivity contribution in [3.05, 3.63) is 34.9 Å².